The highest BCUT2D eigenvalue weighted by Gasteiger charge is 2.06. The number of carboxylic acid groups (broad SMARTS) is 1. The van der Waals surface area contributed by atoms with Gasteiger partial charge in [-0.2, -0.15) is 0 Å². The Morgan fingerprint density at radius 2 is 2.33 bits per heavy atom. The lowest BCUT2D eigenvalue weighted by molar-refractivity contribution is -0.139. The number of hydrogen-bond donors (Lipinski definition) is 2. The fourth-order valence-corrected chi connectivity index (χ4v) is 0.898. The van der Waals surface area contributed by atoms with Crippen LogP contribution in [0.25, 0.3) is 0 Å². The highest BCUT2D eigenvalue weighted by atomic mass is 16.5. The van der Waals surface area contributed by atoms with Gasteiger partial charge in [-0.15, -0.1) is 0 Å². The molecule has 2 N–H and O–H groups in total. The van der Waals surface area contributed by atoms with Crippen molar-refractivity contribution in [3.63, 3.8) is 0 Å². The highest BCUT2D eigenvalue weighted by Crippen LogP contribution is 2.10. The molecule has 0 saturated heterocycles. The Morgan fingerprint density at radius 3 is 2.93 bits per heavy atom. The Bertz CT molecular complexity index is 378. The van der Waals surface area contributed by atoms with Gasteiger partial charge in [0, 0.05) is 19.3 Å². The van der Waals surface area contributed by atoms with Crippen molar-refractivity contribution in [3.05, 3.63) is 24.0 Å². The molecule has 80 valence electrons. The van der Waals surface area contributed by atoms with Gasteiger partial charge >= 0.3 is 5.97 Å². The fraction of sp³-hybridized carbons (Fsp3) is 0.222. The van der Waals surface area contributed by atoms with E-state index >= 15 is 0 Å². The fourth-order valence-electron chi connectivity index (χ4n) is 0.898. The van der Waals surface area contributed by atoms with Gasteiger partial charge in [0.1, 0.15) is 11.4 Å². The Balaban J connectivity index is 2.74. The van der Waals surface area contributed by atoms with Crippen molar-refractivity contribution in [2.45, 2.75) is 0 Å². The average Bonchev–Trinajstić information content (AvgIpc) is 2.25. The third-order valence-electron chi connectivity index (χ3n) is 1.55. The molecule has 0 bridgehead atoms. The first-order valence-corrected chi connectivity index (χ1v) is 4.16. The Kier molecular flexibility index (Phi) is 3.61. The molecule has 0 atom stereocenters. The SMILES string of the molecule is CNC(=O)c1cc(OCC(=O)O)ccn1. The summed E-state index contributed by atoms with van der Waals surface area (Å²) in [5.74, 6) is -1.13. The molecule has 0 saturated carbocycles. The number of pyridine rings is 1. The molecule has 0 aliphatic heterocycles. The summed E-state index contributed by atoms with van der Waals surface area (Å²) in [4.78, 5) is 25.2. The molecule has 15 heavy (non-hydrogen) atoms. The van der Waals surface area contributed by atoms with E-state index in [1.54, 1.807) is 0 Å². The summed E-state index contributed by atoms with van der Waals surface area (Å²) in [5.41, 5.74) is 0.181. The van der Waals surface area contributed by atoms with Gasteiger partial charge < -0.3 is 15.2 Å². The van der Waals surface area contributed by atoms with Gasteiger partial charge in [-0.3, -0.25) is 9.78 Å². The van der Waals surface area contributed by atoms with Crippen LogP contribution in [0.5, 0.6) is 5.75 Å². The van der Waals surface area contributed by atoms with Crippen molar-refractivity contribution >= 4 is 11.9 Å². The second-order valence-corrected chi connectivity index (χ2v) is 2.64. The number of carboxylic acids is 1. The summed E-state index contributed by atoms with van der Waals surface area (Å²) in [5, 5.41) is 10.8. The summed E-state index contributed by atoms with van der Waals surface area (Å²) in [7, 11) is 1.48. The number of hydrogen-bond acceptors (Lipinski definition) is 4. The van der Waals surface area contributed by atoms with Gasteiger partial charge in [0.25, 0.3) is 5.91 Å². The number of aliphatic carboxylic acids is 1. The lowest BCUT2D eigenvalue weighted by Gasteiger charge is -2.04. The molecule has 0 aliphatic carbocycles. The van der Waals surface area contributed by atoms with Crippen LogP contribution >= 0.6 is 0 Å². The largest absolute Gasteiger partial charge is 0.482 e. The third kappa shape index (κ3) is 3.26. The van der Waals surface area contributed by atoms with E-state index in [0.717, 1.165) is 0 Å². The number of amides is 1. The Morgan fingerprint density at radius 1 is 1.60 bits per heavy atom. The number of ether oxygens (including phenoxy) is 1. The van der Waals surface area contributed by atoms with Crippen LogP contribution in [0.4, 0.5) is 0 Å². The molecule has 0 aromatic carbocycles. The maximum Gasteiger partial charge on any atom is 0.341 e. The molecule has 6 nitrogen and oxygen atoms in total. The quantitative estimate of drug-likeness (QED) is 0.724. The minimum Gasteiger partial charge on any atom is -0.482 e. The van der Waals surface area contributed by atoms with Crippen molar-refractivity contribution < 1.29 is 19.4 Å². The minimum absolute atomic E-state index is 0.181. The summed E-state index contributed by atoms with van der Waals surface area (Å²) in [6.45, 7) is -0.447. The number of rotatable bonds is 4. The van der Waals surface area contributed by atoms with Gasteiger partial charge in [-0.25, -0.2) is 4.79 Å². The number of carbonyl (C=O) groups is 2. The third-order valence-corrected chi connectivity index (χ3v) is 1.55. The van der Waals surface area contributed by atoms with Gasteiger partial charge in [-0.1, -0.05) is 0 Å². The zero-order chi connectivity index (χ0) is 11.3. The molecule has 0 unspecified atom stereocenters. The molecule has 1 amide bonds. The van der Waals surface area contributed by atoms with Gasteiger partial charge in [0.2, 0.25) is 0 Å². The average molecular weight is 210 g/mol. The number of nitrogens with zero attached hydrogens (tertiary/aromatic N) is 1. The van der Waals surface area contributed by atoms with Crippen molar-refractivity contribution in [1.29, 1.82) is 0 Å². The molecule has 6 heteroatoms. The molecular weight excluding hydrogens is 200 g/mol. The first-order valence-electron chi connectivity index (χ1n) is 4.16. The molecule has 1 aromatic rings. The van der Waals surface area contributed by atoms with E-state index in [1.165, 1.54) is 25.4 Å². The molecule has 0 spiro atoms. The predicted molar refractivity (Wildman–Crippen MR) is 50.8 cm³/mol. The normalized spacial score (nSPS) is 9.40. The van der Waals surface area contributed by atoms with E-state index in [2.05, 4.69) is 10.3 Å². The van der Waals surface area contributed by atoms with E-state index in [1.807, 2.05) is 0 Å². The van der Waals surface area contributed by atoms with Crippen LogP contribution in [0.3, 0.4) is 0 Å². The van der Waals surface area contributed by atoms with Crippen LogP contribution in [0.2, 0.25) is 0 Å². The van der Waals surface area contributed by atoms with Crippen molar-refractivity contribution in [2.75, 3.05) is 13.7 Å². The summed E-state index contributed by atoms with van der Waals surface area (Å²) >= 11 is 0. The standard InChI is InChI=1S/C9H10N2O4/c1-10-9(14)7-4-6(2-3-11-7)15-5-8(12)13/h2-4H,5H2,1H3,(H,10,14)(H,12,13). The molecule has 1 heterocycles. The number of aromatic nitrogens is 1. The first kappa shape index (κ1) is 11.0. The second-order valence-electron chi connectivity index (χ2n) is 2.64. The molecule has 0 fully saturated rings. The first-order chi connectivity index (χ1) is 7.13. The van der Waals surface area contributed by atoms with E-state index in [0.29, 0.717) is 5.75 Å². The maximum absolute atomic E-state index is 11.2. The van der Waals surface area contributed by atoms with E-state index in [4.69, 9.17) is 9.84 Å². The monoisotopic (exact) mass is 210 g/mol. The van der Waals surface area contributed by atoms with Crippen LogP contribution in [0, 0.1) is 0 Å². The molecule has 0 radical (unpaired) electrons. The molecular formula is C9H10N2O4. The zero-order valence-corrected chi connectivity index (χ0v) is 8.06. The topological polar surface area (TPSA) is 88.5 Å². The van der Waals surface area contributed by atoms with Crippen LogP contribution < -0.4 is 10.1 Å². The highest BCUT2D eigenvalue weighted by molar-refractivity contribution is 5.92. The number of carbonyl (C=O) groups excluding carboxylic acids is 1. The summed E-state index contributed by atoms with van der Waals surface area (Å²) < 4.78 is 4.88. The zero-order valence-electron chi connectivity index (χ0n) is 8.06. The maximum atomic E-state index is 11.2. The minimum atomic E-state index is -1.08. The van der Waals surface area contributed by atoms with Gasteiger partial charge in [0.05, 0.1) is 0 Å². The smallest absolute Gasteiger partial charge is 0.341 e. The summed E-state index contributed by atoms with van der Waals surface area (Å²) in [6, 6.07) is 2.86. The molecule has 1 rings (SSSR count). The molecule has 0 aliphatic rings. The van der Waals surface area contributed by atoms with Crippen molar-refractivity contribution in [1.82, 2.24) is 10.3 Å². The predicted octanol–water partition coefficient (Wildman–Crippen LogP) is -0.0954. The van der Waals surface area contributed by atoms with Gasteiger partial charge in [-0.05, 0) is 6.07 Å². The van der Waals surface area contributed by atoms with E-state index < -0.39 is 12.6 Å². The van der Waals surface area contributed by atoms with Gasteiger partial charge in [0.15, 0.2) is 6.61 Å². The number of nitrogens with one attached hydrogen (secondary N) is 1. The Labute approximate surface area is 85.9 Å². The van der Waals surface area contributed by atoms with Crippen molar-refractivity contribution in [3.8, 4) is 5.75 Å². The van der Waals surface area contributed by atoms with E-state index in [9.17, 15) is 9.59 Å². The van der Waals surface area contributed by atoms with Crippen LogP contribution in [0.1, 0.15) is 10.5 Å². The van der Waals surface area contributed by atoms with Crippen LogP contribution in [0.15, 0.2) is 18.3 Å². The molecule has 1 aromatic heterocycles. The Hall–Kier alpha value is -2.11. The van der Waals surface area contributed by atoms with Crippen molar-refractivity contribution in [2.24, 2.45) is 0 Å². The van der Waals surface area contributed by atoms with Crippen LogP contribution in [-0.4, -0.2) is 35.6 Å². The second kappa shape index (κ2) is 4.94. The lowest BCUT2D eigenvalue weighted by atomic mass is 10.3. The summed E-state index contributed by atoms with van der Waals surface area (Å²) in [6.07, 6.45) is 1.38. The van der Waals surface area contributed by atoms with Crippen LogP contribution in [-0.2, 0) is 4.79 Å². The lowest BCUT2D eigenvalue weighted by Crippen LogP contribution is -2.19. The van der Waals surface area contributed by atoms with E-state index in [-0.39, 0.29) is 11.6 Å².